The van der Waals surface area contributed by atoms with Crippen LogP contribution in [-0.2, 0) is 11.3 Å². The summed E-state index contributed by atoms with van der Waals surface area (Å²) in [5.41, 5.74) is 1.05. The van der Waals surface area contributed by atoms with Gasteiger partial charge in [0.25, 0.3) is 0 Å². The van der Waals surface area contributed by atoms with Crippen LogP contribution < -0.4 is 5.32 Å². The van der Waals surface area contributed by atoms with E-state index < -0.39 is 0 Å². The third-order valence-corrected chi connectivity index (χ3v) is 10.0. The first-order valence-electron chi connectivity index (χ1n) is 12.6. The number of benzene rings is 1. The normalized spacial score (nSPS) is 38.7. The van der Waals surface area contributed by atoms with Crippen molar-refractivity contribution in [2.24, 2.45) is 34.5 Å². The second kappa shape index (κ2) is 7.54. The summed E-state index contributed by atoms with van der Waals surface area (Å²) < 4.78 is 15.9. The summed E-state index contributed by atoms with van der Waals surface area (Å²) >= 11 is 0. The lowest BCUT2D eigenvalue weighted by atomic mass is 9.48. The molecule has 1 unspecified atom stereocenters. The molecule has 1 amide bonds. The van der Waals surface area contributed by atoms with Gasteiger partial charge in [-0.1, -0.05) is 32.1 Å². The molecule has 0 bridgehead atoms. The fourth-order valence-corrected chi connectivity index (χ4v) is 8.41. The maximum atomic E-state index is 13.5. The van der Waals surface area contributed by atoms with E-state index in [4.69, 9.17) is 0 Å². The minimum absolute atomic E-state index is 0.0599. The molecule has 7 atom stereocenters. The second-order valence-corrected chi connectivity index (χ2v) is 11.4. The van der Waals surface area contributed by atoms with Crippen LogP contribution in [0.5, 0.6) is 0 Å². The number of carbonyl (C=O) groups excluding carboxylic acids is 1. The minimum atomic E-state index is -0.253. The first-order valence-corrected chi connectivity index (χ1v) is 12.6. The Morgan fingerprint density at radius 2 is 2.06 bits per heavy atom. The Bertz CT molecular complexity index is 1110. The van der Waals surface area contributed by atoms with E-state index in [0.717, 1.165) is 30.7 Å². The molecule has 0 saturated heterocycles. The molecule has 3 fully saturated rings. The Morgan fingerprint density at radius 3 is 2.91 bits per heavy atom. The Kier molecular flexibility index (Phi) is 4.83. The van der Waals surface area contributed by atoms with Gasteiger partial charge in [-0.25, -0.2) is 9.37 Å². The van der Waals surface area contributed by atoms with Crippen molar-refractivity contribution in [3.8, 4) is 0 Å². The average molecular weight is 448 g/mol. The molecule has 0 spiro atoms. The number of hydrogen-bond acceptors (Lipinski definition) is 2. The molecule has 4 aliphatic rings. The zero-order valence-electron chi connectivity index (χ0n) is 19.6. The third kappa shape index (κ3) is 3.14. The lowest BCUT2D eigenvalue weighted by molar-refractivity contribution is -0.133. The van der Waals surface area contributed by atoms with Crippen molar-refractivity contribution in [3.05, 3.63) is 59.9 Å². The number of hydrogen-bond donors (Lipinski definition) is 1. The van der Waals surface area contributed by atoms with Gasteiger partial charge < -0.3 is 9.88 Å². The summed E-state index contributed by atoms with van der Waals surface area (Å²) in [7, 11) is 0. The molecule has 174 valence electrons. The lowest BCUT2D eigenvalue weighted by Gasteiger charge is -2.59. The number of carbonyl (C=O) groups is 1. The zero-order chi connectivity index (χ0) is 22.8. The Morgan fingerprint density at radius 1 is 1.18 bits per heavy atom. The van der Waals surface area contributed by atoms with Crippen LogP contribution in [0.25, 0.3) is 6.08 Å². The number of nitrogens with one attached hydrogen (secondary N) is 1. The Hall–Kier alpha value is -2.43. The number of nitrogens with zero attached hydrogens (tertiary/aromatic N) is 2. The molecule has 4 nitrogen and oxygen atoms in total. The van der Waals surface area contributed by atoms with Crippen LogP contribution in [0.15, 0.2) is 42.7 Å². The molecule has 2 heterocycles. The van der Waals surface area contributed by atoms with Gasteiger partial charge in [0.15, 0.2) is 0 Å². The van der Waals surface area contributed by atoms with Gasteiger partial charge in [0, 0.05) is 36.3 Å². The van der Waals surface area contributed by atoms with Gasteiger partial charge in [0.1, 0.15) is 11.6 Å². The molecule has 3 saturated carbocycles. The predicted octanol–water partition coefficient (Wildman–Crippen LogP) is 5.77. The van der Waals surface area contributed by atoms with Crippen molar-refractivity contribution in [3.63, 3.8) is 0 Å². The molecule has 3 aliphatic carbocycles. The van der Waals surface area contributed by atoms with Gasteiger partial charge in [0.2, 0.25) is 5.91 Å². The number of rotatable bonds is 3. The van der Waals surface area contributed by atoms with E-state index in [1.54, 1.807) is 6.07 Å². The van der Waals surface area contributed by atoms with Crippen LogP contribution in [0.1, 0.15) is 69.8 Å². The molecule has 1 aromatic carbocycles. The molecule has 1 aromatic heterocycles. The summed E-state index contributed by atoms with van der Waals surface area (Å²) in [6, 6.07) is 7.02. The van der Waals surface area contributed by atoms with Crippen molar-refractivity contribution >= 4 is 12.0 Å². The first-order chi connectivity index (χ1) is 15.9. The summed E-state index contributed by atoms with van der Waals surface area (Å²) in [5.74, 6) is 3.00. The fourth-order valence-electron chi connectivity index (χ4n) is 8.41. The van der Waals surface area contributed by atoms with Crippen LogP contribution in [-0.4, -0.2) is 15.5 Å². The van der Waals surface area contributed by atoms with Crippen LogP contribution in [0.3, 0.4) is 0 Å². The second-order valence-electron chi connectivity index (χ2n) is 11.4. The maximum absolute atomic E-state index is 13.5. The molecule has 2 aromatic rings. The monoisotopic (exact) mass is 447 g/mol. The van der Waals surface area contributed by atoms with Gasteiger partial charge in [-0.3, -0.25) is 4.79 Å². The van der Waals surface area contributed by atoms with Gasteiger partial charge in [-0.05, 0) is 85.5 Å². The summed E-state index contributed by atoms with van der Waals surface area (Å²) in [4.78, 5) is 17.8. The zero-order valence-corrected chi connectivity index (χ0v) is 19.6. The van der Waals surface area contributed by atoms with Crippen molar-refractivity contribution in [1.82, 2.24) is 14.9 Å². The van der Waals surface area contributed by atoms with E-state index in [1.165, 1.54) is 31.4 Å². The predicted molar refractivity (Wildman–Crippen MR) is 126 cm³/mol. The number of allylic oxidation sites excluding steroid dienone is 1. The van der Waals surface area contributed by atoms with Crippen LogP contribution >= 0.6 is 0 Å². The molecular formula is C28H34FN3O. The standard InChI is InChI=1S/C28H34FN3O/c1-27-12-10-22-20(6-9-24-28(22,2)13-11-25-30-14-15-32(24)25)21(27)7-8-23(27)26(33)31-17-18-4-3-5-19(29)16-18/h3-5,11,13-16,20-24H,6-10,12,17H2,1-2H3,(H,31,33)/t20-,21-,22-,23+,24?,27-,28+/m0/s1. The number of imidazole rings is 1. The van der Waals surface area contributed by atoms with E-state index >= 15 is 0 Å². The summed E-state index contributed by atoms with van der Waals surface area (Å²) in [6.07, 6.45) is 15.6. The van der Waals surface area contributed by atoms with Crippen molar-refractivity contribution in [2.45, 2.75) is 65.0 Å². The van der Waals surface area contributed by atoms with Crippen LogP contribution in [0.2, 0.25) is 0 Å². The number of amides is 1. The van der Waals surface area contributed by atoms with E-state index in [2.05, 4.69) is 47.1 Å². The number of halogens is 1. The highest BCUT2D eigenvalue weighted by molar-refractivity contribution is 5.80. The van der Waals surface area contributed by atoms with E-state index in [0.29, 0.717) is 30.3 Å². The van der Waals surface area contributed by atoms with Gasteiger partial charge in [-0.15, -0.1) is 0 Å². The SMILES string of the molecule is C[C@]12CC[C@H]3[C@@H](CCC4n5ccnc5C=C[C@@]43C)[C@@H]1CC[C@@H]2C(=O)NCc1cccc(F)c1. The first kappa shape index (κ1) is 21.1. The van der Waals surface area contributed by atoms with Crippen molar-refractivity contribution < 1.29 is 9.18 Å². The fraction of sp³-hybridized carbons (Fsp3) is 0.571. The highest BCUT2D eigenvalue weighted by Crippen LogP contribution is 2.67. The quantitative estimate of drug-likeness (QED) is 0.650. The average Bonchev–Trinajstić information content (AvgIpc) is 3.41. The van der Waals surface area contributed by atoms with Crippen LogP contribution in [0.4, 0.5) is 4.39 Å². The van der Waals surface area contributed by atoms with E-state index in [1.807, 2.05) is 12.3 Å². The molecular weight excluding hydrogens is 413 g/mol. The Labute approximate surface area is 195 Å². The maximum Gasteiger partial charge on any atom is 0.223 e. The molecule has 1 N–H and O–H groups in total. The molecule has 33 heavy (non-hydrogen) atoms. The van der Waals surface area contributed by atoms with Gasteiger partial charge in [0.05, 0.1) is 0 Å². The van der Waals surface area contributed by atoms with E-state index in [-0.39, 0.29) is 28.5 Å². The molecule has 0 radical (unpaired) electrons. The van der Waals surface area contributed by atoms with E-state index in [9.17, 15) is 9.18 Å². The van der Waals surface area contributed by atoms with Crippen molar-refractivity contribution in [1.29, 1.82) is 0 Å². The van der Waals surface area contributed by atoms with Gasteiger partial charge in [-0.2, -0.15) is 0 Å². The molecule has 5 heteroatoms. The lowest BCUT2D eigenvalue weighted by Crippen LogP contribution is -2.53. The number of fused-ring (bicyclic) bond motifs is 7. The highest BCUT2D eigenvalue weighted by atomic mass is 19.1. The topological polar surface area (TPSA) is 46.9 Å². The third-order valence-electron chi connectivity index (χ3n) is 10.0. The highest BCUT2D eigenvalue weighted by Gasteiger charge is 2.61. The smallest absolute Gasteiger partial charge is 0.223 e. The van der Waals surface area contributed by atoms with Gasteiger partial charge >= 0.3 is 0 Å². The summed E-state index contributed by atoms with van der Waals surface area (Å²) in [6.45, 7) is 5.25. The van der Waals surface area contributed by atoms with Crippen LogP contribution in [0, 0.1) is 40.3 Å². The molecule has 6 rings (SSSR count). The van der Waals surface area contributed by atoms with Crippen molar-refractivity contribution in [2.75, 3.05) is 0 Å². The minimum Gasteiger partial charge on any atom is -0.352 e. The number of aromatic nitrogens is 2. The molecule has 1 aliphatic heterocycles. The summed E-state index contributed by atoms with van der Waals surface area (Å²) in [5, 5.41) is 3.13. The largest absolute Gasteiger partial charge is 0.352 e. The Balaban J connectivity index is 1.20.